The van der Waals surface area contributed by atoms with Crippen LogP contribution in [0.15, 0.2) is 53.3 Å². The molecule has 5 heteroatoms. The Labute approximate surface area is 178 Å². The molecule has 0 fully saturated rings. The van der Waals surface area contributed by atoms with Crippen LogP contribution in [0.4, 0.5) is 0 Å². The fraction of sp³-hybridized carbons (Fsp3) is 0.333. The summed E-state index contributed by atoms with van der Waals surface area (Å²) in [7, 11) is 0. The Morgan fingerprint density at radius 2 is 1.76 bits per heavy atom. The third-order valence-corrected chi connectivity index (χ3v) is 5.46. The number of benzene rings is 2. The quantitative estimate of drug-likeness (QED) is 0.583. The van der Waals surface area contributed by atoms with Gasteiger partial charge in [-0.1, -0.05) is 44.2 Å². The van der Waals surface area contributed by atoms with Crippen LogP contribution in [0.5, 0.6) is 0 Å². The van der Waals surface area contributed by atoms with Gasteiger partial charge in [0.05, 0.1) is 6.54 Å². The molecule has 0 aliphatic carbocycles. The van der Waals surface area contributed by atoms with Crippen LogP contribution in [0.1, 0.15) is 36.1 Å². The zero-order chi connectivity index (χ0) is 21.0. The molecule has 3 rings (SSSR count). The van der Waals surface area contributed by atoms with Gasteiger partial charge in [0.1, 0.15) is 0 Å². The lowest BCUT2D eigenvalue weighted by Crippen LogP contribution is -2.41. The summed E-state index contributed by atoms with van der Waals surface area (Å²) in [6.45, 7) is 10.3. The van der Waals surface area contributed by atoms with Gasteiger partial charge in [-0.05, 0) is 72.3 Å². The van der Waals surface area contributed by atoms with Crippen LogP contribution in [0, 0.1) is 19.8 Å². The molecule has 0 aliphatic heterocycles. The lowest BCUT2D eigenvalue weighted by molar-refractivity contribution is 0.394. The number of hydrogen-bond donors (Lipinski definition) is 2. The van der Waals surface area contributed by atoms with Crippen molar-refractivity contribution in [1.82, 2.24) is 15.2 Å². The van der Waals surface area contributed by atoms with E-state index in [0.29, 0.717) is 29.7 Å². The van der Waals surface area contributed by atoms with Crippen molar-refractivity contribution in [3.63, 3.8) is 0 Å². The molecule has 1 heterocycles. The van der Waals surface area contributed by atoms with Crippen LogP contribution < -0.4 is 10.9 Å². The van der Waals surface area contributed by atoms with Crippen molar-refractivity contribution in [1.29, 1.82) is 0 Å². The minimum absolute atomic E-state index is 0.0644. The highest BCUT2D eigenvalue weighted by atomic mass is 32.1. The standard InChI is InChI=1S/C24H29N3OS/c1-16(2)13-25-24(29)27(14-19-8-6-5-7-9-19)15-21-12-20-10-17(3)18(4)11-22(20)26-23(21)28/h5-12,16H,13-15H2,1-4H3,(H,25,29)(H,26,28). The second kappa shape index (κ2) is 9.23. The number of H-pyrrole nitrogens is 1. The van der Waals surface area contributed by atoms with Gasteiger partial charge in [-0.2, -0.15) is 0 Å². The smallest absolute Gasteiger partial charge is 0.253 e. The number of thiocarbonyl (C=S) groups is 1. The number of fused-ring (bicyclic) bond motifs is 1. The van der Waals surface area contributed by atoms with E-state index >= 15 is 0 Å². The Morgan fingerprint density at radius 1 is 1.07 bits per heavy atom. The molecule has 0 aliphatic rings. The number of aryl methyl sites for hydroxylation is 2. The number of hydrogen-bond acceptors (Lipinski definition) is 2. The van der Waals surface area contributed by atoms with E-state index in [-0.39, 0.29) is 5.56 Å². The van der Waals surface area contributed by atoms with E-state index in [0.717, 1.165) is 23.0 Å². The van der Waals surface area contributed by atoms with E-state index in [4.69, 9.17) is 12.2 Å². The lowest BCUT2D eigenvalue weighted by atomic mass is 10.0. The molecule has 2 N–H and O–H groups in total. The van der Waals surface area contributed by atoms with Crippen molar-refractivity contribution in [2.75, 3.05) is 6.54 Å². The van der Waals surface area contributed by atoms with Crippen LogP contribution >= 0.6 is 12.2 Å². The van der Waals surface area contributed by atoms with Gasteiger partial charge in [-0.15, -0.1) is 0 Å². The minimum atomic E-state index is -0.0644. The van der Waals surface area contributed by atoms with E-state index in [1.54, 1.807) is 0 Å². The van der Waals surface area contributed by atoms with E-state index in [2.05, 4.69) is 61.1 Å². The Balaban J connectivity index is 1.91. The fourth-order valence-corrected chi connectivity index (χ4v) is 3.46. The largest absolute Gasteiger partial charge is 0.362 e. The van der Waals surface area contributed by atoms with Crippen molar-refractivity contribution < 1.29 is 0 Å². The van der Waals surface area contributed by atoms with Gasteiger partial charge in [0.25, 0.3) is 5.56 Å². The molecule has 3 aromatic rings. The van der Waals surface area contributed by atoms with Gasteiger partial charge in [0.2, 0.25) is 0 Å². The van der Waals surface area contributed by atoms with Crippen molar-refractivity contribution in [3.8, 4) is 0 Å². The van der Waals surface area contributed by atoms with E-state index in [1.807, 2.05) is 30.3 Å². The normalized spacial score (nSPS) is 11.1. The van der Waals surface area contributed by atoms with Crippen LogP contribution in [-0.2, 0) is 13.1 Å². The van der Waals surface area contributed by atoms with Crippen molar-refractivity contribution in [3.05, 3.63) is 81.1 Å². The highest BCUT2D eigenvalue weighted by molar-refractivity contribution is 7.80. The van der Waals surface area contributed by atoms with Gasteiger partial charge < -0.3 is 15.2 Å². The first-order valence-corrected chi connectivity index (χ1v) is 10.4. The summed E-state index contributed by atoms with van der Waals surface area (Å²) < 4.78 is 0. The van der Waals surface area contributed by atoms with E-state index < -0.39 is 0 Å². The lowest BCUT2D eigenvalue weighted by Gasteiger charge is -2.26. The molecule has 1 aromatic heterocycles. The summed E-state index contributed by atoms with van der Waals surface area (Å²) in [6, 6.07) is 16.3. The molecule has 0 unspecified atom stereocenters. The summed E-state index contributed by atoms with van der Waals surface area (Å²) >= 11 is 5.67. The summed E-state index contributed by atoms with van der Waals surface area (Å²) in [5.41, 5.74) is 5.06. The van der Waals surface area contributed by atoms with Crippen molar-refractivity contribution >= 4 is 28.2 Å². The predicted molar refractivity (Wildman–Crippen MR) is 125 cm³/mol. The van der Waals surface area contributed by atoms with Gasteiger partial charge in [0, 0.05) is 24.2 Å². The molecule has 29 heavy (non-hydrogen) atoms. The molecule has 0 bridgehead atoms. The molecule has 0 amide bonds. The predicted octanol–water partition coefficient (Wildman–Crippen LogP) is 4.68. The average Bonchev–Trinajstić information content (AvgIpc) is 2.68. The van der Waals surface area contributed by atoms with Crippen LogP contribution in [0.3, 0.4) is 0 Å². The Bertz CT molecular complexity index is 1060. The van der Waals surface area contributed by atoms with Gasteiger partial charge in [-0.3, -0.25) is 4.79 Å². The Hall–Kier alpha value is -2.66. The van der Waals surface area contributed by atoms with Crippen LogP contribution in [0.2, 0.25) is 0 Å². The minimum Gasteiger partial charge on any atom is -0.362 e. The topological polar surface area (TPSA) is 48.1 Å². The molecule has 0 spiro atoms. The number of aromatic nitrogens is 1. The maximum Gasteiger partial charge on any atom is 0.253 e. The number of aromatic amines is 1. The number of pyridine rings is 1. The number of rotatable bonds is 6. The van der Waals surface area contributed by atoms with E-state index in [1.165, 1.54) is 11.1 Å². The molecule has 4 nitrogen and oxygen atoms in total. The van der Waals surface area contributed by atoms with Crippen LogP contribution in [-0.4, -0.2) is 21.5 Å². The first-order valence-electron chi connectivity index (χ1n) is 10.0. The van der Waals surface area contributed by atoms with Crippen LogP contribution in [0.25, 0.3) is 10.9 Å². The summed E-state index contributed by atoms with van der Waals surface area (Å²) in [4.78, 5) is 17.9. The first kappa shape index (κ1) is 21.1. The molecule has 152 valence electrons. The molecule has 0 saturated carbocycles. The van der Waals surface area contributed by atoms with Crippen molar-refractivity contribution in [2.24, 2.45) is 5.92 Å². The fourth-order valence-electron chi connectivity index (χ4n) is 3.25. The zero-order valence-corrected chi connectivity index (χ0v) is 18.4. The summed E-state index contributed by atoms with van der Waals surface area (Å²) in [5, 5.41) is 5.05. The van der Waals surface area contributed by atoms with Gasteiger partial charge in [0.15, 0.2) is 5.11 Å². The highest BCUT2D eigenvalue weighted by Crippen LogP contribution is 2.18. The monoisotopic (exact) mass is 407 g/mol. The second-order valence-electron chi connectivity index (χ2n) is 8.07. The van der Waals surface area contributed by atoms with E-state index in [9.17, 15) is 4.79 Å². The molecular weight excluding hydrogens is 378 g/mol. The summed E-state index contributed by atoms with van der Waals surface area (Å²) in [6.07, 6.45) is 0. The molecule has 0 saturated heterocycles. The number of nitrogens with zero attached hydrogens (tertiary/aromatic N) is 1. The Morgan fingerprint density at radius 3 is 2.45 bits per heavy atom. The number of nitrogens with one attached hydrogen (secondary N) is 2. The third-order valence-electron chi connectivity index (χ3n) is 5.06. The van der Waals surface area contributed by atoms with Gasteiger partial charge >= 0.3 is 0 Å². The summed E-state index contributed by atoms with van der Waals surface area (Å²) in [5.74, 6) is 0.488. The SMILES string of the molecule is Cc1cc2cc(CN(Cc3ccccc3)C(=S)NCC(C)C)c(=O)[nH]c2cc1C. The average molecular weight is 408 g/mol. The molecular formula is C24H29N3OS. The zero-order valence-electron chi connectivity index (χ0n) is 17.6. The Kier molecular flexibility index (Phi) is 6.70. The van der Waals surface area contributed by atoms with Gasteiger partial charge in [-0.25, -0.2) is 0 Å². The second-order valence-corrected chi connectivity index (χ2v) is 8.46. The van der Waals surface area contributed by atoms with Crippen molar-refractivity contribution in [2.45, 2.75) is 40.8 Å². The first-order chi connectivity index (χ1) is 13.8. The molecule has 0 radical (unpaired) electrons. The highest BCUT2D eigenvalue weighted by Gasteiger charge is 2.14. The maximum atomic E-state index is 12.8. The molecule has 2 aromatic carbocycles. The molecule has 0 atom stereocenters. The maximum absolute atomic E-state index is 12.8. The third kappa shape index (κ3) is 5.45.